The van der Waals surface area contributed by atoms with Crippen LogP contribution in [0.1, 0.15) is 12.8 Å². The van der Waals surface area contributed by atoms with Gasteiger partial charge in [-0.25, -0.2) is 4.68 Å². The van der Waals surface area contributed by atoms with E-state index in [1.807, 2.05) is 22.9 Å². The highest BCUT2D eigenvalue weighted by atomic mass is 16.2. The zero-order valence-corrected chi connectivity index (χ0v) is 19.3. The van der Waals surface area contributed by atoms with Crippen LogP contribution in [0, 0.1) is 0 Å². The summed E-state index contributed by atoms with van der Waals surface area (Å²) in [5.74, 6) is 1.29. The van der Waals surface area contributed by atoms with Crippen LogP contribution >= 0.6 is 0 Å². The first-order valence-corrected chi connectivity index (χ1v) is 12.2. The molecule has 3 aliphatic heterocycles. The van der Waals surface area contributed by atoms with Gasteiger partial charge in [0, 0.05) is 57.1 Å². The van der Waals surface area contributed by atoms with Crippen molar-refractivity contribution in [3.05, 3.63) is 54.6 Å². The Morgan fingerprint density at radius 2 is 1.71 bits per heavy atom. The molecule has 6 rings (SSSR count). The summed E-state index contributed by atoms with van der Waals surface area (Å²) in [5.41, 5.74) is 2.18. The first kappa shape index (κ1) is 21.3. The second-order valence-electron chi connectivity index (χ2n) is 9.51. The molecule has 3 fully saturated rings. The Labute approximate surface area is 199 Å². The molecule has 8 nitrogen and oxygen atoms in total. The number of Topliss-reactive ketones (excluding diaryl/α,β-unsaturated/α-hetero) is 1. The molecule has 176 valence electrons. The Balaban J connectivity index is 1.13. The molecule has 1 aromatic heterocycles. The van der Waals surface area contributed by atoms with Crippen LogP contribution in [0.5, 0.6) is 0 Å². The van der Waals surface area contributed by atoms with Crippen LogP contribution < -0.4 is 10.2 Å². The summed E-state index contributed by atoms with van der Waals surface area (Å²) in [6.07, 6.45) is 1.31. The number of fused-ring (bicyclic) bond motifs is 1. The zero-order valence-electron chi connectivity index (χ0n) is 19.3. The van der Waals surface area contributed by atoms with E-state index < -0.39 is 0 Å². The number of ketones is 1. The quantitative estimate of drug-likeness (QED) is 0.641. The van der Waals surface area contributed by atoms with Crippen LogP contribution in [0.25, 0.3) is 16.6 Å². The average molecular weight is 459 g/mol. The van der Waals surface area contributed by atoms with Crippen LogP contribution in [0.15, 0.2) is 54.6 Å². The summed E-state index contributed by atoms with van der Waals surface area (Å²) in [6.45, 7) is 5.39. The monoisotopic (exact) mass is 458 g/mol. The van der Waals surface area contributed by atoms with Crippen molar-refractivity contribution in [1.29, 1.82) is 0 Å². The lowest BCUT2D eigenvalue weighted by atomic mass is 10.1. The molecule has 2 aromatic carbocycles. The molecule has 0 aliphatic carbocycles. The number of aromatic nitrogens is 2. The summed E-state index contributed by atoms with van der Waals surface area (Å²) < 4.78 is 2.04. The molecule has 0 spiro atoms. The van der Waals surface area contributed by atoms with Crippen molar-refractivity contribution in [2.75, 3.05) is 50.7 Å². The minimum atomic E-state index is -0.167. The van der Waals surface area contributed by atoms with Gasteiger partial charge in [-0.05, 0) is 30.7 Å². The van der Waals surface area contributed by atoms with Gasteiger partial charge in [0.05, 0.1) is 23.8 Å². The van der Waals surface area contributed by atoms with Crippen molar-refractivity contribution in [3.8, 4) is 5.69 Å². The molecule has 4 heterocycles. The van der Waals surface area contributed by atoms with E-state index in [9.17, 15) is 9.59 Å². The molecule has 3 saturated heterocycles. The molecule has 0 bridgehead atoms. The number of nitrogens with zero attached hydrogens (tertiary/aromatic N) is 5. The SMILES string of the molecule is O=C1CCN(C(=O)[C@@H]2C[C@H](N3CCN(c4nn(-c5ccccc5)c5ccccc45)CC3)CN2)C1. The van der Waals surface area contributed by atoms with Crippen molar-refractivity contribution < 1.29 is 9.59 Å². The van der Waals surface area contributed by atoms with Gasteiger partial charge in [-0.1, -0.05) is 30.3 Å². The van der Waals surface area contributed by atoms with Gasteiger partial charge in [-0.15, -0.1) is 5.10 Å². The lowest BCUT2D eigenvalue weighted by Crippen LogP contribution is -2.51. The molecule has 3 aromatic rings. The summed E-state index contributed by atoms with van der Waals surface area (Å²) in [6, 6.07) is 18.9. The van der Waals surface area contributed by atoms with Gasteiger partial charge in [0.1, 0.15) is 0 Å². The van der Waals surface area contributed by atoms with E-state index in [1.54, 1.807) is 4.90 Å². The lowest BCUT2D eigenvalue weighted by Gasteiger charge is -2.38. The Bertz CT molecular complexity index is 1200. The maximum absolute atomic E-state index is 12.8. The van der Waals surface area contributed by atoms with E-state index >= 15 is 0 Å². The highest BCUT2D eigenvalue weighted by molar-refractivity contribution is 5.92. The van der Waals surface area contributed by atoms with Gasteiger partial charge in [0.25, 0.3) is 0 Å². The maximum Gasteiger partial charge on any atom is 0.240 e. The fraction of sp³-hybridized carbons (Fsp3) is 0.423. The van der Waals surface area contributed by atoms with Gasteiger partial charge in [0.15, 0.2) is 11.6 Å². The van der Waals surface area contributed by atoms with E-state index in [-0.39, 0.29) is 24.3 Å². The van der Waals surface area contributed by atoms with Gasteiger partial charge < -0.3 is 15.1 Å². The molecule has 8 heteroatoms. The van der Waals surface area contributed by atoms with Crippen molar-refractivity contribution in [2.45, 2.75) is 24.9 Å². The molecule has 0 radical (unpaired) electrons. The van der Waals surface area contributed by atoms with Crippen LogP contribution in [0.3, 0.4) is 0 Å². The van der Waals surface area contributed by atoms with Crippen LogP contribution in [-0.2, 0) is 9.59 Å². The molecular formula is C26H30N6O2. The molecule has 1 amide bonds. The molecule has 34 heavy (non-hydrogen) atoms. The number of amides is 1. The predicted octanol–water partition coefficient (Wildman–Crippen LogP) is 1.68. The summed E-state index contributed by atoms with van der Waals surface area (Å²) in [4.78, 5) is 30.9. The highest BCUT2D eigenvalue weighted by Gasteiger charge is 2.37. The molecule has 1 N–H and O–H groups in total. The minimum absolute atomic E-state index is 0.0879. The standard InChI is InChI=1S/C26H30N6O2/c33-21-10-11-31(18-21)26(34)23-16-20(17-27-23)29-12-14-30(15-13-29)25-22-8-4-5-9-24(22)32(28-25)19-6-2-1-3-7-19/h1-9,20,23,27H,10-18H2/t20-,23-/m0/s1. The van der Waals surface area contributed by atoms with Gasteiger partial charge in [0.2, 0.25) is 5.91 Å². The third-order valence-electron chi connectivity index (χ3n) is 7.44. The lowest BCUT2D eigenvalue weighted by molar-refractivity contribution is -0.133. The van der Waals surface area contributed by atoms with Gasteiger partial charge >= 0.3 is 0 Å². The second kappa shape index (κ2) is 8.85. The predicted molar refractivity (Wildman–Crippen MR) is 131 cm³/mol. The Kier molecular flexibility index (Phi) is 5.55. The van der Waals surface area contributed by atoms with Crippen molar-refractivity contribution >= 4 is 28.4 Å². The van der Waals surface area contributed by atoms with Gasteiger partial charge in [-0.3, -0.25) is 14.5 Å². The third-order valence-corrected chi connectivity index (χ3v) is 7.44. The number of piperazine rings is 1. The highest BCUT2D eigenvalue weighted by Crippen LogP contribution is 2.29. The number of nitrogens with one attached hydrogen (secondary N) is 1. The number of hydrogen-bond acceptors (Lipinski definition) is 6. The number of rotatable bonds is 4. The number of para-hydroxylation sites is 2. The van der Waals surface area contributed by atoms with Crippen molar-refractivity contribution in [1.82, 2.24) is 24.9 Å². The zero-order chi connectivity index (χ0) is 23.1. The molecule has 2 atom stereocenters. The van der Waals surface area contributed by atoms with E-state index in [2.05, 4.69) is 51.5 Å². The Morgan fingerprint density at radius 1 is 0.941 bits per heavy atom. The van der Waals surface area contributed by atoms with E-state index in [0.29, 0.717) is 19.0 Å². The fourth-order valence-corrected chi connectivity index (χ4v) is 5.57. The largest absolute Gasteiger partial charge is 0.352 e. The Morgan fingerprint density at radius 3 is 2.47 bits per heavy atom. The topological polar surface area (TPSA) is 73.7 Å². The minimum Gasteiger partial charge on any atom is -0.352 e. The summed E-state index contributed by atoms with van der Waals surface area (Å²) in [7, 11) is 0. The number of likely N-dealkylation sites (tertiary alicyclic amines) is 1. The number of carbonyl (C=O) groups excluding carboxylic acids is 2. The summed E-state index contributed by atoms with van der Waals surface area (Å²) >= 11 is 0. The fourth-order valence-electron chi connectivity index (χ4n) is 5.57. The first-order chi connectivity index (χ1) is 16.7. The number of carbonyl (C=O) groups is 2. The van der Waals surface area contributed by atoms with Crippen LogP contribution in [0.2, 0.25) is 0 Å². The van der Waals surface area contributed by atoms with Crippen molar-refractivity contribution in [3.63, 3.8) is 0 Å². The number of hydrogen-bond donors (Lipinski definition) is 1. The normalized spacial score (nSPS) is 23.8. The first-order valence-electron chi connectivity index (χ1n) is 12.2. The smallest absolute Gasteiger partial charge is 0.240 e. The van der Waals surface area contributed by atoms with Crippen molar-refractivity contribution in [2.24, 2.45) is 0 Å². The third kappa shape index (κ3) is 3.86. The molecule has 0 unspecified atom stereocenters. The van der Waals surface area contributed by atoms with Gasteiger partial charge in [-0.2, -0.15) is 0 Å². The summed E-state index contributed by atoms with van der Waals surface area (Å²) in [5, 5.41) is 9.61. The number of anilines is 1. The molecule has 3 aliphatic rings. The molecular weight excluding hydrogens is 428 g/mol. The van der Waals surface area contributed by atoms with E-state index in [4.69, 9.17) is 5.10 Å². The maximum atomic E-state index is 12.8. The Hall–Kier alpha value is -3.23. The van der Waals surface area contributed by atoms with Crippen LogP contribution in [0.4, 0.5) is 5.82 Å². The number of benzene rings is 2. The second-order valence-corrected chi connectivity index (χ2v) is 9.51. The average Bonchev–Trinajstić information content (AvgIpc) is 3.63. The van der Waals surface area contributed by atoms with Crippen LogP contribution in [-0.4, -0.2) is 89.2 Å². The molecule has 0 saturated carbocycles. The van der Waals surface area contributed by atoms with E-state index in [1.165, 1.54) is 5.39 Å². The van der Waals surface area contributed by atoms with E-state index in [0.717, 1.165) is 56.2 Å².